The molecule has 1 aliphatic rings. The van der Waals surface area contributed by atoms with Gasteiger partial charge in [0, 0.05) is 53.6 Å². The van der Waals surface area contributed by atoms with Crippen LogP contribution in [-0.2, 0) is 24.1 Å². The van der Waals surface area contributed by atoms with Gasteiger partial charge < -0.3 is 38.5 Å². The first kappa shape index (κ1) is 39.2. The van der Waals surface area contributed by atoms with Crippen LogP contribution in [0.2, 0.25) is 0 Å². The van der Waals surface area contributed by atoms with Crippen LogP contribution >= 0.6 is 0 Å². The number of benzene rings is 2. The number of halogens is 3. The fourth-order valence-corrected chi connectivity index (χ4v) is 4.04. The van der Waals surface area contributed by atoms with E-state index in [4.69, 9.17) is 44.0 Å². The third kappa shape index (κ3) is 10.8. The van der Waals surface area contributed by atoms with Crippen LogP contribution in [0.5, 0.6) is 0 Å². The van der Waals surface area contributed by atoms with Gasteiger partial charge in [-0.3, -0.25) is 9.69 Å². The quantitative estimate of drug-likeness (QED) is 0.137. The van der Waals surface area contributed by atoms with Gasteiger partial charge in [-0.15, -0.1) is 0 Å². The van der Waals surface area contributed by atoms with Gasteiger partial charge >= 0.3 is 6.18 Å². The molecule has 2 aromatic carbocycles. The Morgan fingerprint density at radius 3 is 2.30 bits per heavy atom. The molecule has 17 heteroatoms. The Bertz CT molecular complexity index is 1210. The largest absolute Gasteiger partial charge is 0.674 e. The Hall–Kier alpha value is -3.80. The van der Waals surface area contributed by atoms with E-state index in [1.807, 2.05) is 12.1 Å². The van der Waals surface area contributed by atoms with Crippen molar-refractivity contribution in [2.24, 2.45) is 5.73 Å². The van der Waals surface area contributed by atoms with Gasteiger partial charge in [-0.2, -0.15) is 25.6 Å². The molecule has 1 unspecified atom stereocenters. The molecule has 8 nitrogen and oxygen atoms in total. The maximum atomic E-state index is 13.3. The van der Waals surface area contributed by atoms with Gasteiger partial charge in [0.15, 0.2) is 0 Å². The van der Waals surface area contributed by atoms with Crippen LogP contribution in [0.3, 0.4) is 0 Å². The van der Waals surface area contributed by atoms with Crippen LogP contribution in [0.15, 0.2) is 36.4 Å². The van der Waals surface area contributed by atoms with Gasteiger partial charge in [0.05, 0.1) is 33.3 Å². The van der Waals surface area contributed by atoms with Gasteiger partial charge in [-0.1, -0.05) is 30.5 Å². The summed E-state index contributed by atoms with van der Waals surface area (Å²) in [5.41, 5.74) is 6.85. The number of carbonyl (C=O) groups excluding carboxylic acids is 2. The number of carbonyl (C=O) groups is 2. The molecule has 11 radical (unpaired) electrons. The Kier molecular flexibility index (Phi) is 14.7. The first-order valence-corrected chi connectivity index (χ1v) is 12.6. The third-order valence-electron chi connectivity index (χ3n) is 6.45. The van der Waals surface area contributed by atoms with Crippen molar-refractivity contribution in [3.63, 3.8) is 0 Å². The molecule has 0 aliphatic carbocycles. The zero-order valence-corrected chi connectivity index (χ0v) is 26.9. The second-order valence-corrected chi connectivity index (χ2v) is 9.61. The molecule has 5 N–H and O–H groups in total. The molecule has 0 spiro atoms. The summed E-state index contributed by atoms with van der Waals surface area (Å²) in [7, 11) is 31.1. The van der Waals surface area contributed by atoms with Crippen LogP contribution < -0.4 is 16.4 Å². The van der Waals surface area contributed by atoms with Crippen molar-refractivity contribution in [2.45, 2.75) is 48.9 Å². The van der Waals surface area contributed by atoms with E-state index in [0.717, 1.165) is 35.9 Å². The van der Waals surface area contributed by atoms with E-state index < -0.39 is 41.0 Å². The topological polar surface area (TPSA) is 122 Å². The zero-order chi connectivity index (χ0) is 32.5. The van der Waals surface area contributed by atoms with Gasteiger partial charge in [-0.25, -0.2) is 0 Å². The number of alkyl halides is 3. The molecule has 1 amide bonds. The normalized spacial score (nSPS) is 15.3. The predicted molar refractivity (Wildman–Crippen MR) is 163 cm³/mol. The van der Waals surface area contributed by atoms with E-state index in [-0.39, 0.29) is 11.3 Å². The van der Waals surface area contributed by atoms with E-state index in [1.165, 1.54) is 37.4 Å². The van der Waals surface area contributed by atoms with E-state index in [0.29, 0.717) is 5.92 Å². The number of hydrogen-bond donors (Lipinski definition) is 4. The summed E-state index contributed by atoms with van der Waals surface area (Å²) in [6.45, 7) is 6.33. The Morgan fingerprint density at radius 2 is 1.84 bits per heavy atom. The summed E-state index contributed by atoms with van der Waals surface area (Å²) in [5.74, 6) is -0.0237. The first-order valence-electron chi connectivity index (χ1n) is 12.6. The number of rotatable bonds is 8. The summed E-state index contributed by atoms with van der Waals surface area (Å²) in [5, 5.41) is 15.0. The van der Waals surface area contributed by atoms with Gasteiger partial charge in [0.1, 0.15) is 14.1 Å². The van der Waals surface area contributed by atoms with Crippen molar-refractivity contribution < 1.29 is 27.9 Å². The summed E-state index contributed by atoms with van der Waals surface area (Å²) in [6.07, 6.45) is -5.59. The summed E-state index contributed by atoms with van der Waals surface area (Å²) >= 11 is 0. The minimum Gasteiger partial charge on any atom is -0.674 e. The monoisotopic (exact) mass is 820 g/mol. The number of hydrogen-bond acceptors (Lipinski definition) is 6. The molecular weight excluding hydrogens is 788 g/mol. The Balaban J connectivity index is 0.000000812. The van der Waals surface area contributed by atoms with E-state index in [2.05, 4.69) is 41.6 Å². The summed E-state index contributed by atoms with van der Waals surface area (Å²) < 4.78 is 40.0. The van der Waals surface area contributed by atoms with E-state index >= 15 is 0 Å². The van der Waals surface area contributed by atoms with Crippen LogP contribution in [0.1, 0.15) is 45.5 Å². The van der Waals surface area contributed by atoms with Crippen molar-refractivity contribution in [2.75, 3.05) is 26.0 Å². The predicted octanol–water partition coefficient (Wildman–Crippen LogP) is 0.990. The number of aliphatic hydroxyl groups is 1. The number of nitrogens with two attached hydrogens (primary N) is 1. The smallest absolute Gasteiger partial charge is 0.416 e. The number of primary amides is 1. The van der Waals surface area contributed by atoms with Crippen molar-refractivity contribution in [1.29, 1.82) is 0 Å². The number of aldehydes is 1. The molecule has 3 rings (SSSR count). The van der Waals surface area contributed by atoms with Crippen LogP contribution in [0.4, 0.5) is 18.9 Å². The van der Waals surface area contributed by atoms with Crippen molar-refractivity contribution in [3.8, 4) is 0 Å². The maximum Gasteiger partial charge on any atom is 0.416 e. The minimum absolute atomic E-state index is 0. The SMILES string of the molecule is C[C@H]1CNCc2cc(C=O)ccc21.[B]C(O)N(Cc1ccc(NC)cc1C(F)(F)F)C([B])([B])C([B])([B])[N-]C.[Bk].[CH2-]C(N)=O. The number of aliphatic hydroxyl groups excluding tert-OH is 1. The van der Waals surface area contributed by atoms with Crippen LogP contribution in [0, 0.1) is 6.92 Å². The van der Waals surface area contributed by atoms with E-state index in [9.17, 15) is 23.1 Å². The average Bonchev–Trinajstić information content (AvgIpc) is 2.90. The molecule has 225 valence electrons. The Labute approximate surface area is 252 Å². The van der Waals surface area contributed by atoms with Crippen molar-refractivity contribution in [3.05, 3.63) is 76.5 Å². The number of fused-ring (bicyclic) bond motifs is 1. The Morgan fingerprint density at radius 1 is 1.26 bits per heavy atom. The number of likely N-dealkylation sites (N-methyl/N-ethyl adjacent to an activating group) is 1. The van der Waals surface area contributed by atoms with Crippen molar-refractivity contribution in [1.82, 2.24) is 10.2 Å². The molecule has 0 saturated carbocycles. The van der Waals surface area contributed by atoms with Crippen LogP contribution in [-0.4, -0.2) is 98.9 Å². The molecule has 1 aliphatic heterocycles. The zero-order valence-electron chi connectivity index (χ0n) is 24.1. The number of nitrogens with one attached hydrogen (secondary N) is 2. The maximum absolute atomic E-state index is 13.3. The minimum atomic E-state index is -4.66. The standard InChI is InChI=1S/C13H14B5F3N3O.C11H13NO.C2H4NO.Bk/c1-22-8-4-3-7(9(5-8)11(19,20)21)6-24(10(14)25)13(17,18)12(15,16)23-2;1-8-5-12-6-10-4-9(7-13)2-3-11(8)10;1-2(3)4;/h3-5,10,22,25H,6H2,1-2H3;2-4,7-8,12H,5-6H2,1H3;1H2,(H2,3,4);/q-1;;-1;/t;8-;;/m.0../s1. The average molecular weight is 820 g/mol. The molecule has 1 heterocycles. The van der Waals surface area contributed by atoms with Crippen molar-refractivity contribution >= 4 is 57.1 Å². The summed E-state index contributed by atoms with van der Waals surface area (Å²) in [4.78, 5) is 20.4. The fourth-order valence-electron chi connectivity index (χ4n) is 4.04. The van der Waals surface area contributed by atoms with Crippen LogP contribution in [0.25, 0.3) is 5.32 Å². The number of nitrogens with zero attached hydrogens (tertiary/aromatic N) is 2. The second kappa shape index (κ2) is 16.2. The molecule has 2 atom stereocenters. The molecule has 0 fully saturated rings. The molecule has 0 aromatic heterocycles. The molecular formula is C26H31B5BkF3N5O3-2. The molecule has 2 aromatic rings. The number of amides is 1. The number of anilines is 1. The van der Waals surface area contributed by atoms with E-state index in [1.54, 1.807) is 0 Å². The van der Waals surface area contributed by atoms with Gasteiger partial charge in [-0.05, 0) is 40.8 Å². The first-order chi connectivity index (χ1) is 19.3. The summed E-state index contributed by atoms with van der Waals surface area (Å²) in [6, 6.07) is 9.48. The third-order valence-corrected chi connectivity index (χ3v) is 6.45. The molecule has 43 heavy (non-hydrogen) atoms. The molecule has 0 bridgehead atoms. The fraction of sp³-hybridized carbons (Fsp3) is 0.423. The molecule has 0 saturated heterocycles. The van der Waals surface area contributed by atoms with Gasteiger partial charge in [0.2, 0.25) is 0 Å². The second-order valence-electron chi connectivity index (χ2n) is 9.61. The van der Waals surface area contributed by atoms with Gasteiger partial charge in [0.25, 0.3) is 0 Å².